The minimum absolute atomic E-state index is 0. The summed E-state index contributed by atoms with van der Waals surface area (Å²) in [5.41, 5.74) is 1.31. The van der Waals surface area contributed by atoms with Gasteiger partial charge in [0.1, 0.15) is 11.0 Å². The molecule has 26 heavy (non-hydrogen) atoms. The fourth-order valence-electron chi connectivity index (χ4n) is 2.08. The molecule has 142 valence electrons. The Morgan fingerprint density at radius 2 is 2.12 bits per heavy atom. The normalized spacial score (nSPS) is 11.5. The lowest BCUT2D eigenvalue weighted by molar-refractivity contribution is -0.141. The zero-order valence-electron chi connectivity index (χ0n) is 13.8. The maximum absolute atomic E-state index is 12.1. The number of thioether (sulfide) groups is 1. The number of carboxylic acid groups (broad SMARTS) is 1. The molecule has 1 heterocycles. The van der Waals surface area contributed by atoms with Crippen LogP contribution in [0.3, 0.4) is 0 Å². The molecule has 1 aromatic heterocycles. The standard InChI is InChI=1S/C16H16Cl2N2O3S2.H2S/c1-24-5-4-13(16(22)23)20-14(21)7-10-8-25-15(19-10)11-3-2-9(17)6-12(11)18;/h2-3,6,8,13H,4-5,7H2,1H3,(H,20,21)(H,22,23);1H2/t13-;/m0./s1. The van der Waals surface area contributed by atoms with Crippen LogP contribution in [0.5, 0.6) is 0 Å². The maximum atomic E-state index is 12.1. The Morgan fingerprint density at radius 1 is 1.38 bits per heavy atom. The van der Waals surface area contributed by atoms with Crippen molar-refractivity contribution in [3.05, 3.63) is 39.3 Å². The zero-order chi connectivity index (χ0) is 18.4. The summed E-state index contributed by atoms with van der Waals surface area (Å²) in [6.07, 6.45) is 2.29. The van der Waals surface area contributed by atoms with Gasteiger partial charge < -0.3 is 10.4 Å². The van der Waals surface area contributed by atoms with Crippen LogP contribution in [-0.4, -0.2) is 40.0 Å². The molecule has 0 aliphatic heterocycles. The monoisotopic (exact) mass is 452 g/mol. The van der Waals surface area contributed by atoms with Crippen molar-refractivity contribution in [2.24, 2.45) is 0 Å². The van der Waals surface area contributed by atoms with Crippen LogP contribution in [0.4, 0.5) is 0 Å². The Balaban J connectivity index is 0.00000338. The third-order valence-corrected chi connectivity index (χ3v) is 5.42. The maximum Gasteiger partial charge on any atom is 0.326 e. The topological polar surface area (TPSA) is 79.3 Å². The zero-order valence-corrected chi connectivity index (χ0v) is 17.9. The largest absolute Gasteiger partial charge is 0.480 e. The number of hydrogen-bond acceptors (Lipinski definition) is 5. The molecular weight excluding hydrogens is 435 g/mol. The summed E-state index contributed by atoms with van der Waals surface area (Å²) in [7, 11) is 0. The van der Waals surface area contributed by atoms with Gasteiger partial charge in [0.2, 0.25) is 5.91 Å². The third-order valence-electron chi connectivity index (χ3n) is 3.30. The summed E-state index contributed by atoms with van der Waals surface area (Å²) in [6.45, 7) is 0. The number of halogens is 2. The van der Waals surface area contributed by atoms with E-state index >= 15 is 0 Å². The van der Waals surface area contributed by atoms with E-state index < -0.39 is 12.0 Å². The van der Waals surface area contributed by atoms with E-state index in [2.05, 4.69) is 10.3 Å². The highest BCUT2D eigenvalue weighted by Gasteiger charge is 2.20. The number of amides is 1. The SMILES string of the molecule is CSCC[C@H](NC(=O)Cc1csc(-c2ccc(Cl)cc2Cl)n1)C(=O)O.S. The van der Waals surface area contributed by atoms with E-state index in [9.17, 15) is 9.59 Å². The smallest absolute Gasteiger partial charge is 0.326 e. The number of aliphatic carboxylic acids is 1. The molecule has 0 saturated heterocycles. The Labute approximate surface area is 176 Å². The van der Waals surface area contributed by atoms with Gasteiger partial charge in [-0.05, 0) is 36.6 Å². The van der Waals surface area contributed by atoms with Crippen molar-refractivity contribution in [2.45, 2.75) is 18.9 Å². The van der Waals surface area contributed by atoms with Crippen LogP contribution in [0, 0.1) is 0 Å². The lowest BCUT2D eigenvalue weighted by Gasteiger charge is -2.13. The van der Waals surface area contributed by atoms with E-state index in [-0.39, 0.29) is 25.8 Å². The summed E-state index contributed by atoms with van der Waals surface area (Å²) >= 11 is 15.0. The van der Waals surface area contributed by atoms with Crippen molar-refractivity contribution in [3.8, 4) is 10.6 Å². The predicted octanol–water partition coefficient (Wildman–Crippen LogP) is 4.09. The molecule has 0 saturated carbocycles. The quantitative estimate of drug-likeness (QED) is 0.630. The van der Waals surface area contributed by atoms with Gasteiger partial charge in [0, 0.05) is 16.0 Å². The molecule has 10 heteroatoms. The van der Waals surface area contributed by atoms with Crippen molar-refractivity contribution in [2.75, 3.05) is 12.0 Å². The number of hydrogen-bond donors (Lipinski definition) is 2. The Hall–Kier alpha value is -0.930. The first-order chi connectivity index (χ1) is 11.9. The highest BCUT2D eigenvalue weighted by atomic mass is 35.5. The molecule has 1 amide bonds. The lowest BCUT2D eigenvalue weighted by atomic mass is 10.2. The van der Waals surface area contributed by atoms with E-state index in [0.717, 1.165) is 5.56 Å². The Bertz CT molecular complexity index is 771. The molecule has 2 N–H and O–H groups in total. The minimum Gasteiger partial charge on any atom is -0.480 e. The minimum atomic E-state index is -1.03. The second-order valence-corrected chi connectivity index (χ2v) is 7.87. The van der Waals surface area contributed by atoms with E-state index in [0.29, 0.717) is 32.9 Å². The van der Waals surface area contributed by atoms with E-state index in [1.165, 1.54) is 23.1 Å². The fourth-order valence-corrected chi connectivity index (χ4v) is 3.96. The molecule has 0 fully saturated rings. The summed E-state index contributed by atoms with van der Waals surface area (Å²) in [6, 6.07) is 4.24. The van der Waals surface area contributed by atoms with Crippen LogP contribution in [0.15, 0.2) is 23.6 Å². The molecule has 0 aliphatic carbocycles. The highest BCUT2D eigenvalue weighted by molar-refractivity contribution is 7.98. The first kappa shape index (κ1) is 23.1. The van der Waals surface area contributed by atoms with Crippen LogP contribution in [0.2, 0.25) is 10.0 Å². The summed E-state index contributed by atoms with van der Waals surface area (Å²) in [5.74, 6) is -0.741. The molecular formula is C16H18Cl2N2O3S3. The van der Waals surface area contributed by atoms with Gasteiger partial charge in [-0.2, -0.15) is 25.3 Å². The molecule has 0 radical (unpaired) electrons. The van der Waals surface area contributed by atoms with Gasteiger partial charge >= 0.3 is 5.97 Å². The second kappa shape index (κ2) is 11.0. The van der Waals surface area contributed by atoms with Crippen molar-refractivity contribution in [1.29, 1.82) is 0 Å². The third kappa shape index (κ3) is 6.66. The van der Waals surface area contributed by atoms with Gasteiger partial charge in [0.05, 0.1) is 17.1 Å². The number of thiazole rings is 1. The van der Waals surface area contributed by atoms with Gasteiger partial charge in [0.15, 0.2) is 0 Å². The van der Waals surface area contributed by atoms with E-state index in [4.69, 9.17) is 28.3 Å². The molecule has 1 atom stereocenters. The first-order valence-electron chi connectivity index (χ1n) is 7.31. The second-order valence-electron chi connectivity index (χ2n) is 5.18. The predicted molar refractivity (Wildman–Crippen MR) is 114 cm³/mol. The molecule has 0 bridgehead atoms. The van der Waals surface area contributed by atoms with Gasteiger partial charge in [-0.1, -0.05) is 23.2 Å². The number of benzene rings is 1. The van der Waals surface area contributed by atoms with Crippen molar-refractivity contribution in [1.82, 2.24) is 10.3 Å². The molecule has 0 unspecified atom stereocenters. The van der Waals surface area contributed by atoms with Crippen LogP contribution in [0.25, 0.3) is 10.6 Å². The number of nitrogens with one attached hydrogen (secondary N) is 1. The highest BCUT2D eigenvalue weighted by Crippen LogP contribution is 2.32. The van der Waals surface area contributed by atoms with Crippen LogP contribution in [0.1, 0.15) is 12.1 Å². The Kier molecular flexibility index (Phi) is 9.81. The summed E-state index contributed by atoms with van der Waals surface area (Å²) < 4.78 is 0. The lowest BCUT2D eigenvalue weighted by Crippen LogP contribution is -2.41. The van der Waals surface area contributed by atoms with Crippen molar-refractivity contribution >= 4 is 71.7 Å². The number of carbonyl (C=O) groups excluding carboxylic acids is 1. The number of aromatic nitrogens is 1. The van der Waals surface area contributed by atoms with Gasteiger partial charge in [0.25, 0.3) is 0 Å². The Morgan fingerprint density at radius 3 is 2.73 bits per heavy atom. The van der Waals surface area contributed by atoms with Crippen LogP contribution >= 0.6 is 59.8 Å². The number of nitrogens with zero attached hydrogens (tertiary/aromatic N) is 1. The fraction of sp³-hybridized carbons (Fsp3) is 0.312. The molecule has 0 spiro atoms. The van der Waals surface area contributed by atoms with Crippen molar-refractivity contribution in [3.63, 3.8) is 0 Å². The molecule has 2 aromatic rings. The molecule has 0 aliphatic rings. The number of carbonyl (C=O) groups is 2. The van der Waals surface area contributed by atoms with Gasteiger partial charge in [-0.25, -0.2) is 9.78 Å². The molecule has 1 aromatic carbocycles. The van der Waals surface area contributed by atoms with Crippen LogP contribution in [-0.2, 0) is 16.0 Å². The van der Waals surface area contributed by atoms with Gasteiger partial charge in [-0.3, -0.25) is 4.79 Å². The molecule has 2 rings (SSSR count). The van der Waals surface area contributed by atoms with Gasteiger partial charge in [-0.15, -0.1) is 11.3 Å². The average molecular weight is 453 g/mol. The molecule has 5 nitrogen and oxygen atoms in total. The number of carboxylic acids is 1. The van der Waals surface area contributed by atoms with Crippen molar-refractivity contribution < 1.29 is 14.7 Å². The number of rotatable bonds is 8. The average Bonchev–Trinajstić information content (AvgIpc) is 2.99. The summed E-state index contributed by atoms with van der Waals surface area (Å²) in [5, 5.41) is 15.2. The van der Waals surface area contributed by atoms with Crippen LogP contribution < -0.4 is 5.32 Å². The first-order valence-corrected chi connectivity index (χ1v) is 10.3. The van der Waals surface area contributed by atoms with E-state index in [1.807, 2.05) is 6.26 Å². The summed E-state index contributed by atoms with van der Waals surface area (Å²) in [4.78, 5) is 27.7. The van der Waals surface area contributed by atoms with E-state index in [1.54, 1.807) is 23.6 Å².